The van der Waals surface area contributed by atoms with E-state index in [1.54, 1.807) is 13.4 Å². The molecule has 2 aromatic rings. The van der Waals surface area contributed by atoms with Crippen molar-refractivity contribution < 1.29 is 9.47 Å². The van der Waals surface area contributed by atoms with E-state index in [-0.39, 0.29) is 24.0 Å². The van der Waals surface area contributed by atoms with Gasteiger partial charge in [0.1, 0.15) is 6.33 Å². The molecule has 0 unspecified atom stereocenters. The molecule has 0 radical (unpaired) electrons. The number of halogens is 1. The summed E-state index contributed by atoms with van der Waals surface area (Å²) in [4.78, 5) is 6.72. The van der Waals surface area contributed by atoms with Crippen LogP contribution in [0.1, 0.15) is 25.1 Å². The van der Waals surface area contributed by atoms with Gasteiger partial charge in [-0.1, -0.05) is 18.2 Å². The molecule has 0 bridgehead atoms. The Labute approximate surface area is 189 Å². The third-order valence-corrected chi connectivity index (χ3v) is 4.86. The highest BCUT2D eigenvalue weighted by molar-refractivity contribution is 14.0. The minimum atomic E-state index is 0. The molecule has 1 aromatic carbocycles. The molecular formula is C20H31IN6O2. The van der Waals surface area contributed by atoms with E-state index < -0.39 is 0 Å². The molecule has 160 valence electrons. The van der Waals surface area contributed by atoms with Gasteiger partial charge in [0.15, 0.2) is 11.8 Å². The normalized spacial score (nSPS) is 15.2. The lowest BCUT2D eigenvalue weighted by atomic mass is 10.1. The van der Waals surface area contributed by atoms with E-state index in [0.717, 1.165) is 63.0 Å². The molecule has 1 aliphatic heterocycles. The van der Waals surface area contributed by atoms with Gasteiger partial charge in [0.25, 0.3) is 0 Å². The molecule has 1 aliphatic rings. The average molecular weight is 514 g/mol. The van der Waals surface area contributed by atoms with Crippen LogP contribution in [0.25, 0.3) is 5.69 Å². The van der Waals surface area contributed by atoms with Gasteiger partial charge in [-0.3, -0.25) is 9.56 Å². The molecule has 0 spiro atoms. The molecule has 0 amide bonds. The van der Waals surface area contributed by atoms with E-state index in [0.29, 0.717) is 12.6 Å². The largest absolute Gasteiger partial charge is 0.385 e. The number of piperidine rings is 1. The van der Waals surface area contributed by atoms with Crippen LogP contribution in [0.3, 0.4) is 0 Å². The van der Waals surface area contributed by atoms with Gasteiger partial charge in [-0.05, 0) is 31.4 Å². The standard InChI is InChI=1S/C20H30N6O2.HI/c1-21-20(25-11-9-18(10-12-25)28-14-6-13-27-2)22-15-19-24-23-16-26(19)17-7-4-3-5-8-17;/h3-5,7-8,16,18H,6,9-15H2,1-2H3,(H,21,22);1H. The number of nitrogens with one attached hydrogen (secondary N) is 1. The van der Waals surface area contributed by atoms with Crippen LogP contribution in [0.5, 0.6) is 0 Å². The first-order valence-corrected chi connectivity index (χ1v) is 9.82. The van der Waals surface area contributed by atoms with Crippen LogP contribution in [0.15, 0.2) is 41.7 Å². The Balaban J connectivity index is 0.00000300. The first-order valence-electron chi connectivity index (χ1n) is 9.82. The van der Waals surface area contributed by atoms with Crippen LogP contribution in [0, 0.1) is 0 Å². The van der Waals surface area contributed by atoms with Crippen LogP contribution in [0.4, 0.5) is 0 Å². The second-order valence-electron chi connectivity index (χ2n) is 6.76. The summed E-state index contributed by atoms with van der Waals surface area (Å²) in [5, 5.41) is 11.7. The maximum absolute atomic E-state index is 5.94. The van der Waals surface area contributed by atoms with E-state index in [9.17, 15) is 0 Å². The zero-order valence-electron chi connectivity index (χ0n) is 17.2. The second kappa shape index (κ2) is 12.8. The van der Waals surface area contributed by atoms with Crippen LogP contribution >= 0.6 is 24.0 Å². The molecule has 0 saturated carbocycles. The minimum absolute atomic E-state index is 0. The topological polar surface area (TPSA) is 76.8 Å². The van der Waals surface area contributed by atoms with Gasteiger partial charge >= 0.3 is 0 Å². The second-order valence-corrected chi connectivity index (χ2v) is 6.76. The number of hydrogen-bond acceptors (Lipinski definition) is 5. The van der Waals surface area contributed by atoms with E-state index in [2.05, 4.69) is 25.4 Å². The summed E-state index contributed by atoms with van der Waals surface area (Å²) < 4.78 is 13.0. The molecule has 1 N–H and O–H groups in total. The fraction of sp³-hybridized carbons (Fsp3) is 0.550. The molecule has 8 nitrogen and oxygen atoms in total. The molecule has 0 atom stereocenters. The highest BCUT2D eigenvalue weighted by atomic mass is 127. The molecule has 1 aromatic heterocycles. The maximum Gasteiger partial charge on any atom is 0.194 e. The Morgan fingerprint density at radius 3 is 2.66 bits per heavy atom. The lowest BCUT2D eigenvalue weighted by Gasteiger charge is -2.34. The van der Waals surface area contributed by atoms with Gasteiger partial charge in [0.2, 0.25) is 0 Å². The van der Waals surface area contributed by atoms with Crippen molar-refractivity contribution in [3.63, 3.8) is 0 Å². The van der Waals surface area contributed by atoms with Crippen molar-refractivity contribution in [3.8, 4) is 5.69 Å². The number of nitrogens with zero attached hydrogens (tertiary/aromatic N) is 5. The monoisotopic (exact) mass is 514 g/mol. The number of aliphatic imine (C=N–C) groups is 1. The first kappa shape index (κ1) is 23.6. The lowest BCUT2D eigenvalue weighted by molar-refractivity contribution is 0.00989. The Hall–Kier alpha value is -1.72. The number of benzene rings is 1. The number of aromatic nitrogens is 3. The quantitative estimate of drug-likeness (QED) is 0.253. The van der Waals surface area contributed by atoms with E-state index in [1.165, 1.54) is 0 Å². The molecule has 3 rings (SSSR count). The Kier molecular flexibility index (Phi) is 10.4. The van der Waals surface area contributed by atoms with Crippen LogP contribution in [-0.2, 0) is 16.0 Å². The number of guanidine groups is 1. The highest BCUT2D eigenvalue weighted by Crippen LogP contribution is 2.14. The van der Waals surface area contributed by atoms with Gasteiger partial charge in [-0.2, -0.15) is 0 Å². The van der Waals surface area contributed by atoms with Crippen LogP contribution in [-0.4, -0.2) is 72.2 Å². The number of rotatable bonds is 8. The highest BCUT2D eigenvalue weighted by Gasteiger charge is 2.22. The molecular weight excluding hydrogens is 483 g/mol. The summed E-state index contributed by atoms with van der Waals surface area (Å²) in [7, 11) is 3.54. The molecule has 1 fully saturated rings. The maximum atomic E-state index is 5.94. The summed E-state index contributed by atoms with van der Waals surface area (Å²) in [6.45, 7) is 3.94. The van der Waals surface area contributed by atoms with Crippen molar-refractivity contribution >= 4 is 29.9 Å². The number of para-hydroxylation sites is 1. The van der Waals surface area contributed by atoms with Gasteiger partial charge in [-0.15, -0.1) is 34.2 Å². The van der Waals surface area contributed by atoms with Gasteiger partial charge in [0, 0.05) is 46.1 Å². The first-order chi connectivity index (χ1) is 13.8. The number of ether oxygens (including phenoxy) is 2. The van der Waals surface area contributed by atoms with Crippen molar-refractivity contribution in [2.45, 2.75) is 31.9 Å². The molecule has 1 saturated heterocycles. The number of methoxy groups -OCH3 is 1. The van der Waals surface area contributed by atoms with Gasteiger partial charge < -0.3 is 19.7 Å². The third-order valence-electron chi connectivity index (χ3n) is 4.86. The predicted octanol–water partition coefficient (Wildman–Crippen LogP) is 2.48. The fourth-order valence-corrected chi connectivity index (χ4v) is 3.36. The Morgan fingerprint density at radius 1 is 1.21 bits per heavy atom. The zero-order valence-corrected chi connectivity index (χ0v) is 19.5. The summed E-state index contributed by atoms with van der Waals surface area (Å²) in [6.07, 6.45) is 5.03. The molecule has 2 heterocycles. The zero-order chi connectivity index (χ0) is 19.6. The van der Waals surface area contributed by atoms with Crippen molar-refractivity contribution in [2.24, 2.45) is 4.99 Å². The summed E-state index contributed by atoms with van der Waals surface area (Å²) in [5.74, 6) is 1.74. The van der Waals surface area contributed by atoms with Crippen molar-refractivity contribution in [2.75, 3.05) is 40.5 Å². The summed E-state index contributed by atoms with van der Waals surface area (Å²) >= 11 is 0. The van der Waals surface area contributed by atoms with Crippen molar-refractivity contribution in [1.29, 1.82) is 0 Å². The van der Waals surface area contributed by atoms with E-state index >= 15 is 0 Å². The van der Waals surface area contributed by atoms with Crippen LogP contribution in [0.2, 0.25) is 0 Å². The molecule has 9 heteroatoms. The van der Waals surface area contributed by atoms with E-state index in [1.807, 2.05) is 41.9 Å². The minimum Gasteiger partial charge on any atom is -0.385 e. The van der Waals surface area contributed by atoms with Crippen LogP contribution < -0.4 is 5.32 Å². The summed E-state index contributed by atoms with van der Waals surface area (Å²) in [5.41, 5.74) is 1.05. The number of likely N-dealkylation sites (tertiary alicyclic amines) is 1. The van der Waals surface area contributed by atoms with Crippen molar-refractivity contribution in [1.82, 2.24) is 25.0 Å². The Bertz CT molecular complexity index is 732. The van der Waals surface area contributed by atoms with Crippen molar-refractivity contribution in [3.05, 3.63) is 42.5 Å². The Morgan fingerprint density at radius 2 is 1.97 bits per heavy atom. The number of hydrogen-bond donors (Lipinski definition) is 1. The lowest BCUT2D eigenvalue weighted by Crippen LogP contribution is -2.47. The van der Waals surface area contributed by atoms with E-state index in [4.69, 9.17) is 9.47 Å². The smallest absolute Gasteiger partial charge is 0.194 e. The molecule has 29 heavy (non-hydrogen) atoms. The van der Waals surface area contributed by atoms with Gasteiger partial charge in [-0.25, -0.2) is 0 Å². The average Bonchev–Trinajstić information content (AvgIpc) is 3.22. The van der Waals surface area contributed by atoms with Gasteiger partial charge in [0.05, 0.1) is 12.6 Å². The SMILES string of the molecule is CN=C(NCc1nncn1-c1ccccc1)N1CCC(OCCCOC)CC1.I. The predicted molar refractivity (Wildman–Crippen MR) is 124 cm³/mol. The fourth-order valence-electron chi connectivity index (χ4n) is 3.36. The molecule has 0 aliphatic carbocycles. The summed E-state index contributed by atoms with van der Waals surface area (Å²) in [6, 6.07) is 10.1. The third kappa shape index (κ3) is 6.93.